The van der Waals surface area contributed by atoms with Gasteiger partial charge in [-0.05, 0) is 23.8 Å². The second-order valence-corrected chi connectivity index (χ2v) is 4.13. The van der Waals surface area contributed by atoms with Crippen LogP contribution >= 0.6 is 0 Å². The van der Waals surface area contributed by atoms with Crippen molar-refractivity contribution in [3.63, 3.8) is 0 Å². The monoisotopic (exact) mass is 283 g/mol. The van der Waals surface area contributed by atoms with Crippen LogP contribution in [0.15, 0.2) is 42.7 Å². The van der Waals surface area contributed by atoms with Crippen LogP contribution in [0.1, 0.15) is 21.5 Å². The number of halogens is 4. The van der Waals surface area contributed by atoms with Gasteiger partial charge in [-0.1, -0.05) is 12.1 Å². The Hall–Kier alpha value is -2.24. The van der Waals surface area contributed by atoms with Crippen molar-refractivity contribution < 1.29 is 22.4 Å². The van der Waals surface area contributed by atoms with E-state index in [4.69, 9.17) is 0 Å². The number of pyridine rings is 1. The highest BCUT2D eigenvalue weighted by molar-refractivity contribution is 5.97. The fraction of sp³-hybridized carbons (Fsp3) is 0.143. The summed E-state index contributed by atoms with van der Waals surface area (Å²) in [6.45, 7) is 0. The zero-order valence-corrected chi connectivity index (χ0v) is 10.1. The van der Waals surface area contributed by atoms with Gasteiger partial charge in [0.05, 0.1) is 11.1 Å². The van der Waals surface area contributed by atoms with Crippen LogP contribution in [0.4, 0.5) is 17.6 Å². The van der Waals surface area contributed by atoms with Gasteiger partial charge in [0.25, 0.3) is 0 Å². The van der Waals surface area contributed by atoms with Crippen molar-refractivity contribution in [3.05, 3.63) is 65.2 Å². The molecule has 0 aliphatic carbocycles. The van der Waals surface area contributed by atoms with Gasteiger partial charge in [-0.2, -0.15) is 13.2 Å². The van der Waals surface area contributed by atoms with Gasteiger partial charge in [0.2, 0.25) is 0 Å². The summed E-state index contributed by atoms with van der Waals surface area (Å²) < 4.78 is 51.4. The number of aromatic nitrogens is 1. The number of carbonyl (C=O) groups excluding carboxylic acids is 1. The zero-order valence-electron chi connectivity index (χ0n) is 10.1. The third-order valence-corrected chi connectivity index (χ3v) is 2.69. The van der Waals surface area contributed by atoms with Crippen molar-refractivity contribution in [2.45, 2.75) is 12.6 Å². The maximum Gasteiger partial charge on any atom is 0.419 e. The van der Waals surface area contributed by atoms with Crippen LogP contribution in [0.2, 0.25) is 0 Å². The molecule has 0 unspecified atom stereocenters. The lowest BCUT2D eigenvalue weighted by molar-refractivity contribution is -0.140. The molecule has 2 nitrogen and oxygen atoms in total. The molecule has 0 aliphatic rings. The first kappa shape index (κ1) is 14.2. The van der Waals surface area contributed by atoms with Gasteiger partial charge in [-0.15, -0.1) is 0 Å². The number of ketones is 1. The van der Waals surface area contributed by atoms with Crippen LogP contribution in [0.25, 0.3) is 0 Å². The van der Waals surface area contributed by atoms with Crippen molar-refractivity contribution >= 4 is 5.78 Å². The van der Waals surface area contributed by atoms with Crippen LogP contribution in [0, 0.1) is 5.82 Å². The van der Waals surface area contributed by atoms with E-state index in [2.05, 4.69) is 4.98 Å². The van der Waals surface area contributed by atoms with E-state index in [1.54, 1.807) is 12.1 Å². The lowest BCUT2D eigenvalue weighted by Gasteiger charge is -2.10. The van der Waals surface area contributed by atoms with E-state index in [1.807, 2.05) is 0 Å². The van der Waals surface area contributed by atoms with Crippen molar-refractivity contribution in [3.8, 4) is 0 Å². The third-order valence-electron chi connectivity index (χ3n) is 2.69. The lowest BCUT2D eigenvalue weighted by atomic mass is 10.0. The molecule has 0 radical (unpaired) electrons. The minimum Gasteiger partial charge on any atom is -0.294 e. The summed E-state index contributed by atoms with van der Waals surface area (Å²) in [6.07, 6.45) is -2.12. The minimum absolute atomic E-state index is 0.202. The minimum atomic E-state index is -4.82. The fourth-order valence-electron chi connectivity index (χ4n) is 1.75. The Morgan fingerprint density at radius 2 is 1.90 bits per heavy atom. The largest absolute Gasteiger partial charge is 0.419 e. The van der Waals surface area contributed by atoms with Gasteiger partial charge in [0.1, 0.15) is 5.82 Å². The van der Waals surface area contributed by atoms with E-state index in [0.29, 0.717) is 11.6 Å². The molecule has 20 heavy (non-hydrogen) atoms. The topological polar surface area (TPSA) is 30.0 Å². The first-order chi connectivity index (χ1) is 9.39. The summed E-state index contributed by atoms with van der Waals surface area (Å²) in [4.78, 5) is 15.7. The van der Waals surface area contributed by atoms with Crippen LogP contribution in [0.5, 0.6) is 0 Å². The fourth-order valence-corrected chi connectivity index (χ4v) is 1.75. The van der Waals surface area contributed by atoms with Crippen LogP contribution in [-0.4, -0.2) is 10.8 Å². The Labute approximate surface area is 112 Å². The number of carbonyl (C=O) groups is 1. The lowest BCUT2D eigenvalue weighted by Crippen LogP contribution is -2.13. The number of alkyl halides is 3. The Balaban J connectivity index is 2.32. The molecule has 2 aromatic rings. The van der Waals surface area contributed by atoms with Crippen LogP contribution in [-0.2, 0) is 12.6 Å². The molecular formula is C14H9F4NO. The molecule has 1 aromatic carbocycles. The number of benzene rings is 1. The summed E-state index contributed by atoms with van der Waals surface area (Å²) in [6, 6.07) is 5.85. The maximum atomic E-state index is 13.8. The molecule has 0 fully saturated rings. The number of Topliss-reactive ketones (excluding diaryl/α,β-unsaturated/α-hetero) is 1. The highest BCUT2D eigenvalue weighted by Gasteiger charge is 2.35. The molecule has 104 valence electrons. The molecule has 6 heteroatoms. The summed E-state index contributed by atoms with van der Waals surface area (Å²) in [5.41, 5.74) is -1.49. The van der Waals surface area contributed by atoms with Crippen molar-refractivity contribution in [1.29, 1.82) is 0 Å². The predicted molar refractivity (Wildman–Crippen MR) is 63.7 cm³/mol. The molecular weight excluding hydrogens is 274 g/mol. The van der Waals surface area contributed by atoms with Gasteiger partial charge >= 0.3 is 6.18 Å². The Morgan fingerprint density at radius 3 is 2.50 bits per heavy atom. The Kier molecular flexibility index (Phi) is 3.83. The first-order valence-corrected chi connectivity index (χ1v) is 5.67. The first-order valence-electron chi connectivity index (χ1n) is 5.67. The van der Waals surface area contributed by atoms with Gasteiger partial charge in [0.15, 0.2) is 5.78 Å². The standard InChI is InChI=1S/C14H9F4NO/c15-13-10(4-1-5-11(13)14(16,17)18)12(20)7-9-3-2-6-19-8-9/h1-6,8H,7H2. The Bertz CT molecular complexity index is 623. The van der Waals surface area contributed by atoms with Crippen LogP contribution in [0.3, 0.4) is 0 Å². The zero-order chi connectivity index (χ0) is 14.8. The summed E-state index contributed by atoms with van der Waals surface area (Å²) in [7, 11) is 0. The van der Waals surface area contributed by atoms with Crippen molar-refractivity contribution in [1.82, 2.24) is 4.98 Å². The molecule has 1 heterocycles. The summed E-state index contributed by atoms with van der Waals surface area (Å²) >= 11 is 0. The van der Waals surface area contributed by atoms with E-state index in [-0.39, 0.29) is 6.42 Å². The number of hydrogen-bond donors (Lipinski definition) is 0. The molecule has 0 aliphatic heterocycles. The molecule has 0 atom stereocenters. The molecule has 1 aromatic heterocycles. The average molecular weight is 283 g/mol. The van der Waals surface area contributed by atoms with Gasteiger partial charge in [-0.25, -0.2) is 4.39 Å². The van der Waals surface area contributed by atoms with Crippen LogP contribution < -0.4 is 0 Å². The highest BCUT2D eigenvalue weighted by atomic mass is 19.4. The average Bonchev–Trinajstić information content (AvgIpc) is 2.38. The van der Waals surface area contributed by atoms with Gasteiger partial charge in [-0.3, -0.25) is 9.78 Å². The van der Waals surface area contributed by atoms with E-state index in [9.17, 15) is 22.4 Å². The molecule has 0 saturated heterocycles. The molecule has 0 saturated carbocycles. The van der Waals surface area contributed by atoms with E-state index >= 15 is 0 Å². The third kappa shape index (κ3) is 3.01. The number of rotatable bonds is 3. The van der Waals surface area contributed by atoms with Gasteiger partial charge < -0.3 is 0 Å². The second kappa shape index (κ2) is 5.40. The smallest absolute Gasteiger partial charge is 0.294 e. The normalized spacial score (nSPS) is 11.4. The summed E-state index contributed by atoms with van der Waals surface area (Å²) in [5.74, 6) is -2.25. The maximum absolute atomic E-state index is 13.8. The number of hydrogen-bond acceptors (Lipinski definition) is 2. The van der Waals surface area contributed by atoms with Crippen molar-refractivity contribution in [2.24, 2.45) is 0 Å². The molecule has 0 bridgehead atoms. The SMILES string of the molecule is O=C(Cc1cccnc1)c1cccc(C(F)(F)F)c1F. The summed E-state index contributed by atoms with van der Waals surface area (Å²) in [5, 5.41) is 0. The van der Waals surface area contributed by atoms with E-state index in [1.165, 1.54) is 12.4 Å². The number of nitrogens with zero attached hydrogens (tertiary/aromatic N) is 1. The quantitative estimate of drug-likeness (QED) is 0.635. The van der Waals surface area contributed by atoms with Crippen molar-refractivity contribution in [2.75, 3.05) is 0 Å². The van der Waals surface area contributed by atoms with E-state index < -0.39 is 28.9 Å². The predicted octanol–water partition coefficient (Wildman–Crippen LogP) is 3.66. The van der Waals surface area contributed by atoms with E-state index in [0.717, 1.165) is 12.1 Å². The second-order valence-electron chi connectivity index (χ2n) is 4.13. The molecule has 2 rings (SSSR count). The molecule has 0 amide bonds. The molecule has 0 spiro atoms. The van der Waals surface area contributed by atoms with Gasteiger partial charge in [0, 0.05) is 18.8 Å². The molecule has 0 N–H and O–H groups in total. The highest BCUT2D eigenvalue weighted by Crippen LogP contribution is 2.32. The Morgan fingerprint density at radius 1 is 1.15 bits per heavy atom.